The molecule has 0 unspecified atom stereocenters. The number of hydrogen-bond acceptors (Lipinski definition) is 2. The van der Waals surface area contributed by atoms with Crippen molar-refractivity contribution in [1.82, 2.24) is 4.90 Å². The van der Waals surface area contributed by atoms with E-state index in [4.69, 9.17) is 4.42 Å². The van der Waals surface area contributed by atoms with Crippen LogP contribution in [-0.4, -0.2) is 23.9 Å². The second-order valence-electron chi connectivity index (χ2n) is 5.57. The molecule has 0 saturated heterocycles. The maximum atomic E-state index is 12.3. The van der Waals surface area contributed by atoms with Crippen molar-refractivity contribution in [2.45, 2.75) is 26.7 Å². The standard InChI is InChI=1S/C15H19NO2/c1-10-5-6-16(15(17)12-8-11(12)2)9-13(10)14-4-3-7-18-14/h3-4,7,11-12H,5-6,8-9H2,1-2H3/t11-,12+/m1/s1. The summed E-state index contributed by atoms with van der Waals surface area (Å²) in [4.78, 5) is 14.3. The summed E-state index contributed by atoms with van der Waals surface area (Å²) in [5.74, 6) is 2.10. The van der Waals surface area contributed by atoms with Crippen molar-refractivity contribution in [2.75, 3.05) is 13.1 Å². The highest BCUT2D eigenvalue weighted by Crippen LogP contribution is 2.40. The van der Waals surface area contributed by atoms with Crippen LogP contribution in [0.3, 0.4) is 0 Å². The lowest BCUT2D eigenvalue weighted by molar-refractivity contribution is -0.132. The fourth-order valence-corrected chi connectivity index (χ4v) is 2.69. The van der Waals surface area contributed by atoms with Gasteiger partial charge in [0.2, 0.25) is 5.91 Å². The van der Waals surface area contributed by atoms with E-state index in [-0.39, 0.29) is 5.92 Å². The number of nitrogens with zero attached hydrogens (tertiary/aromatic N) is 1. The third-order valence-corrected chi connectivity index (χ3v) is 4.18. The van der Waals surface area contributed by atoms with Crippen LogP contribution < -0.4 is 0 Å². The van der Waals surface area contributed by atoms with Crippen molar-refractivity contribution < 1.29 is 9.21 Å². The Labute approximate surface area is 107 Å². The number of hydrogen-bond donors (Lipinski definition) is 0. The molecule has 1 aromatic heterocycles. The molecule has 1 aliphatic heterocycles. The second-order valence-corrected chi connectivity index (χ2v) is 5.57. The van der Waals surface area contributed by atoms with Crippen LogP contribution >= 0.6 is 0 Å². The molecule has 2 aliphatic rings. The van der Waals surface area contributed by atoms with Gasteiger partial charge in [0.25, 0.3) is 0 Å². The van der Waals surface area contributed by atoms with Crippen LogP contribution in [0.25, 0.3) is 5.57 Å². The van der Waals surface area contributed by atoms with Crippen molar-refractivity contribution in [2.24, 2.45) is 11.8 Å². The SMILES string of the molecule is CC1=C(c2ccco2)CN(C(=O)[C@H]2C[C@H]2C)CC1. The van der Waals surface area contributed by atoms with Gasteiger partial charge in [0.1, 0.15) is 5.76 Å². The zero-order chi connectivity index (χ0) is 12.7. The first-order chi connectivity index (χ1) is 8.66. The fraction of sp³-hybridized carbons (Fsp3) is 0.533. The molecular formula is C15H19NO2. The monoisotopic (exact) mass is 245 g/mol. The minimum atomic E-state index is 0.279. The highest BCUT2D eigenvalue weighted by atomic mass is 16.3. The van der Waals surface area contributed by atoms with Crippen LogP contribution in [-0.2, 0) is 4.79 Å². The average Bonchev–Trinajstić information content (AvgIpc) is 2.89. The molecule has 2 heterocycles. The maximum absolute atomic E-state index is 12.3. The predicted octanol–water partition coefficient (Wildman–Crippen LogP) is 2.94. The van der Waals surface area contributed by atoms with Crippen LogP contribution in [0.1, 0.15) is 32.4 Å². The number of amides is 1. The van der Waals surface area contributed by atoms with E-state index < -0.39 is 0 Å². The van der Waals surface area contributed by atoms with E-state index in [1.54, 1.807) is 6.26 Å². The number of carbonyl (C=O) groups is 1. The molecule has 0 spiro atoms. The molecule has 2 atom stereocenters. The maximum Gasteiger partial charge on any atom is 0.226 e. The molecule has 1 aliphatic carbocycles. The van der Waals surface area contributed by atoms with Crippen LogP contribution in [0, 0.1) is 11.8 Å². The zero-order valence-electron chi connectivity index (χ0n) is 11.0. The molecule has 3 heteroatoms. The molecule has 1 amide bonds. The Morgan fingerprint density at radius 1 is 1.50 bits per heavy atom. The van der Waals surface area contributed by atoms with E-state index in [2.05, 4.69) is 13.8 Å². The van der Waals surface area contributed by atoms with E-state index in [0.717, 1.165) is 25.1 Å². The Morgan fingerprint density at radius 3 is 2.89 bits per heavy atom. The van der Waals surface area contributed by atoms with Crippen LogP contribution in [0.5, 0.6) is 0 Å². The van der Waals surface area contributed by atoms with Gasteiger partial charge in [0, 0.05) is 24.6 Å². The van der Waals surface area contributed by atoms with Gasteiger partial charge in [-0.3, -0.25) is 4.79 Å². The predicted molar refractivity (Wildman–Crippen MR) is 69.8 cm³/mol. The van der Waals surface area contributed by atoms with Crippen LogP contribution in [0.2, 0.25) is 0 Å². The van der Waals surface area contributed by atoms with Gasteiger partial charge in [-0.15, -0.1) is 0 Å². The van der Waals surface area contributed by atoms with Gasteiger partial charge < -0.3 is 9.32 Å². The van der Waals surface area contributed by atoms with E-state index in [9.17, 15) is 4.79 Å². The van der Waals surface area contributed by atoms with Gasteiger partial charge in [0.15, 0.2) is 0 Å². The zero-order valence-corrected chi connectivity index (χ0v) is 11.0. The van der Waals surface area contributed by atoms with E-state index in [0.29, 0.717) is 18.4 Å². The Hall–Kier alpha value is -1.51. The van der Waals surface area contributed by atoms with Gasteiger partial charge >= 0.3 is 0 Å². The van der Waals surface area contributed by atoms with E-state index in [1.807, 2.05) is 17.0 Å². The smallest absolute Gasteiger partial charge is 0.226 e. The van der Waals surface area contributed by atoms with Crippen molar-refractivity contribution in [1.29, 1.82) is 0 Å². The van der Waals surface area contributed by atoms with E-state index >= 15 is 0 Å². The summed E-state index contributed by atoms with van der Waals surface area (Å²) in [7, 11) is 0. The van der Waals surface area contributed by atoms with Crippen molar-refractivity contribution in [3.63, 3.8) is 0 Å². The molecule has 0 bridgehead atoms. The molecule has 96 valence electrons. The third kappa shape index (κ3) is 1.98. The molecule has 0 N–H and O–H groups in total. The van der Waals surface area contributed by atoms with Crippen molar-refractivity contribution in [3.8, 4) is 0 Å². The Bertz CT molecular complexity index is 487. The summed E-state index contributed by atoms with van der Waals surface area (Å²) in [6, 6.07) is 3.88. The molecule has 3 nitrogen and oxygen atoms in total. The molecule has 0 radical (unpaired) electrons. The summed E-state index contributed by atoms with van der Waals surface area (Å²) in [5, 5.41) is 0. The molecule has 1 aromatic rings. The van der Waals surface area contributed by atoms with E-state index in [1.165, 1.54) is 11.1 Å². The van der Waals surface area contributed by atoms with Gasteiger partial charge in [-0.2, -0.15) is 0 Å². The summed E-state index contributed by atoms with van der Waals surface area (Å²) < 4.78 is 5.47. The number of carbonyl (C=O) groups excluding carboxylic acids is 1. The lowest BCUT2D eigenvalue weighted by Crippen LogP contribution is -2.37. The van der Waals surface area contributed by atoms with Gasteiger partial charge in [0.05, 0.1) is 6.26 Å². The number of furan rings is 1. The summed E-state index contributed by atoms with van der Waals surface area (Å²) in [5.41, 5.74) is 2.53. The third-order valence-electron chi connectivity index (χ3n) is 4.18. The summed E-state index contributed by atoms with van der Waals surface area (Å²) in [6.07, 6.45) is 3.72. The average molecular weight is 245 g/mol. The van der Waals surface area contributed by atoms with Gasteiger partial charge in [-0.1, -0.05) is 12.5 Å². The first-order valence-electron chi connectivity index (χ1n) is 6.68. The molecule has 1 saturated carbocycles. The Balaban J connectivity index is 1.77. The normalized spacial score (nSPS) is 27.6. The minimum Gasteiger partial charge on any atom is -0.465 e. The second kappa shape index (κ2) is 4.30. The van der Waals surface area contributed by atoms with Crippen molar-refractivity contribution in [3.05, 3.63) is 29.7 Å². The summed E-state index contributed by atoms with van der Waals surface area (Å²) >= 11 is 0. The van der Waals surface area contributed by atoms with Gasteiger partial charge in [-0.25, -0.2) is 0 Å². The molecule has 18 heavy (non-hydrogen) atoms. The van der Waals surface area contributed by atoms with Crippen LogP contribution in [0.4, 0.5) is 0 Å². The first-order valence-corrected chi connectivity index (χ1v) is 6.68. The quantitative estimate of drug-likeness (QED) is 0.802. The molecule has 3 rings (SSSR count). The van der Waals surface area contributed by atoms with Crippen LogP contribution in [0.15, 0.2) is 28.4 Å². The topological polar surface area (TPSA) is 33.5 Å². The molecule has 1 fully saturated rings. The fourth-order valence-electron chi connectivity index (χ4n) is 2.69. The molecule has 0 aromatic carbocycles. The minimum absolute atomic E-state index is 0.279. The number of rotatable bonds is 2. The Kier molecular flexibility index (Phi) is 2.77. The molecular weight excluding hydrogens is 226 g/mol. The van der Waals surface area contributed by atoms with Crippen molar-refractivity contribution >= 4 is 11.5 Å². The largest absolute Gasteiger partial charge is 0.465 e. The lowest BCUT2D eigenvalue weighted by atomic mass is 9.99. The lowest BCUT2D eigenvalue weighted by Gasteiger charge is -2.29. The van der Waals surface area contributed by atoms with Gasteiger partial charge in [-0.05, 0) is 37.8 Å². The highest BCUT2D eigenvalue weighted by molar-refractivity contribution is 5.84. The Morgan fingerprint density at radius 2 is 2.28 bits per heavy atom. The highest BCUT2D eigenvalue weighted by Gasteiger charge is 2.42. The first kappa shape index (κ1) is 11.6. The summed E-state index contributed by atoms with van der Waals surface area (Å²) in [6.45, 7) is 5.86.